The van der Waals surface area contributed by atoms with Crippen LogP contribution in [0, 0.1) is 11.8 Å². The van der Waals surface area contributed by atoms with Crippen molar-refractivity contribution in [3.8, 4) is 0 Å². The van der Waals surface area contributed by atoms with E-state index >= 15 is 0 Å². The molecule has 1 fully saturated rings. The van der Waals surface area contributed by atoms with Crippen LogP contribution >= 0.6 is 0 Å². The van der Waals surface area contributed by atoms with E-state index in [2.05, 4.69) is 49.4 Å². The molecule has 1 rings (SSSR count). The highest BCUT2D eigenvalue weighted by Gasteiger charge is 2.21. The highest BCUT2D eigenvalue weighted by atomic mass is 16.5. The SMILES string of the molecule is CCCCCCCCC(CCCCCC)C(=O)OCCCN(CCCCN1CCN(C)CC1)CCOC(=O)C(CCCCCC)CCCCCCCC. The van der Waals surface area contributed by atoms with E-state index in [9.17, 15) is 9.59 Å². The molecule has 1 heterocycles. The van der Waals surface area contributed by atoms with Gasteiger partial charge < -0.3 is 19.3 Å². The highest BCUT2D eigenvalue weighted by molar-refractivity contribution is 5.72. The van der Waals surface area contributed by atoms with Gasteiger partial charge in [-0.3, -0.25) is 14.5 Å². The van der Waals surface area contributed by atoms with Crippen LogP contribution in [-0.2, 0) is 19.1 Å². The lowest BCUT2D eigenvalue weighted by molar-refractivity contribution is -0.151. The van der Waals surface area contributed by atoms with E-state index in [1.807, 2.05) is 0 Å². The van der Waals surface area contributed by atoms with Gasteiger partial charge in [0, 0.05) is 39.3 Å². The van der Waals surface area contributed by atoms with Crippen molar-refractivity contribution < 1.29 is 19.1 Å². The Morgan fingerprint density at radius 3 is 1.34 bits per heavy atom. The van der Waals surface area contributed by atoms with Crippen LogP contribution in [0.3, 0.4) is 0 Å². The number of ether oxygens (including phenoxy) is 2. The van der Waals surface area contributed by atoms with Gasteiger partial charge in [-0.15, -0.1) is 0 Å². The second-order valence-electron chi connectivity index (χ2n) is 16.6. The van der Waals surface area contributed by atoms with Gasteiger partial charge in [-0.1, -0.05) is 156 Å². The second-order valence-corrected chi connectivity index (χ2v) is 16.6. The predicted molar refractivity (Wildman–Crippen MR) is 227 cm³/mol. The van der Waals surface area contributed by atoms with E-state index < -0.39 is 0 Å². The van der Waals surface area contributed by atoms with E-state index in [-0.39, 0.29) is 23.8 Å². The first-order valence-electron chi connectivity index (χ1n) is 23.4. The molecule has 0 N–H and O–H groups in total. The van der Waals surface area contributed by atoms with E-state index in [0.717, 1.165) is 103 Å². The van der Waals surface area contributed by atoms with Gasteiger partial charge in [0.1, 0.15) is 6.61 Å². The molecule has 0 aromatic heterocycles. The molecular formula is C46H91N3O4. The third kappa shape index (κ3) is 28.8. The third-order valence-electron chi connectivity index (χ3n) is 11.6. The number of hydrogen-bond acceptors (Lipinski definition) is 7. The van der Waals surface area contributed by atoms with E-state index in [4.69, 9.17) is 9.47 Å². The van der Waals surface area contributed by atoms with Crippen molar-refractivity contribution in [2.45, 2.75) is 201 Å². The summed E-state index contributed by atoms with van der Waals surface area (Å²) >= 11 is 0. The molecule has 2 unspecified atom stereocenters. The van der Waals surface area contributed by atoms with Crippen LogP contribution in [0.15, 0.2) is 0 Å². The van der Waals surface area contributed by atoms with Crippen LogP contribution in [0.4, 0.5) is 0 Å². The van der Waals surface area contributed by atoms with Crippen LogP contribution in [0.5, 0.6) is 0 Å². The van der Waals surface area contributed by atoms with Crippen LogP contribution in [0.2, 0.25) is 0 Å². The molecule has 1 saturated heterocycles. The molecule has 7 nitrogen and oxygen atoms in total. The Kier molecular flexibility index (Phi) is 34.3. The van der Waals surface area contributed by atoms with Crippen LogP contribution < -0.4 is 0 Å². The summed E-state index contributed by atoms with van der Waals surface area (Å²) in [6.45, 7) is 18.4. The van der Waals surface area contributed by atoms with E-state index in [1.165, 1.54) is 122 Å². The first kappa shape index (κ1) is 49.8. The van der Waals surface area contributed by atoms with Crippen LogP contribution in [-0.4, -0.2) is 99.3 Å². The maximum atomic E-state index is 13.4. The number of carbonyl (C=O) groups excluding carboxylic acids is 2. The van der Waals surface area contributed by atoms with Crippen molar-refractivity contribution in [2.24, 2.45) is 11.8 Å². The maximum Gasteiger partial charge on any atom is 0.308 e. The largest absolute Gasteiger partial charge is 0.465 e. The van der Waals surface area contributed by atoms with Crippen molar-refractivity contribution in [3.63, 3.8) is 0 Å². The minimum absolute atomic E-state index is 0.0225. The van der Waals surface area contributed by atoms with Gasteiger partial charge in [-0.05, 0) is 65.1 Å². The first-order valence-corrected chi connectivity index (χ1v) is 23.4. The molecule has 0 aromatic rings. The number of hydrogen-bond donors (Lipinski definition) is 0. The number of esters is 2. The average Bonchev–Trinajstić information content (AvgIpc) is 3.16. The summed E-state index contributed by atoms with van der Waals surface area (Å²) in [5.74, 6) is 0.141. The average molecular weight is 750 g/mol. The normalized spacial score (nSPS) is 15.2. The van der Waals surface area contributed by atoms with Gasteiger partial charge in [-0.25, -0.2) is 0 Å². The van der Waals surface area contributed by atoms with Gasteiger partial charge >= 0.3 is 11.9 Å². The molecule has 0 aliphatic carbocycles. The Labute approximate surface area is 330 Å². The summed E-state index contributed by atoms with van der Waals surface area (Å²) in [5.41, 5.74) is 0. The Hall–Kier alpha value is -1.18. The molecule has 0 saturated carbocycles. The fraction of sp³-hybridized carbons (Fsp3) is 0.957. The molecule has 0 spiro atoms. The molecule has 2 atom stereocenters. The Morgan fingerprint density at radius 2 is 0.868 bits per heavy atom. The maximum absolute atomic E-state index is 13.4. The predicted octanol–water partition coefficient (Wildman–Crippen LogP) is 11.5. The van der Waals surface area contributed by atoms with E-state index in [0.29, 0.717) is 13.2 Å². The van der Waals surface area contributed by atoms with Crippen molar-refractivity contribution in [2.75, 3.05) is 72.6 Å². The Balaban J connectivity index is 2.65. The van der Waals surface area contributed by atoms with Crippen LogP contribution in [0.1, 0.15) is 201 Å². The highest BCUT2D eigenvalue weighted by Crippen LogP contribution is 2.22. The zero-order valence-electron chi connectivity index (χ0n) is 36.3. The fourth-order valence-corrected chi connectivity index (χ4v) is 7.79. The number of piperazine rings is 1. The molecule has 314 valence electrons. The summed E-state index contributed by atoms with van der Waals surface area (Å²) in [5, 5.41) is 0. The standard InChI is InChI=1S/C46H91N3O4/c1-6-10-14-18-20-24-31-43(29-22-16-12-8-3)45(50)52-41-28-35-48(33-26-27-34-49-38-36-47(5)37-39-49)40-42-53-46(51)44(30-23-17-13-9-4)32-25-21-19-15-11-7-2/h43-44H,6-42H2,1-5H3. The zero-order valence-corrected chi connectivity index (χ0v) is 36.3. The molecule has 0 amide bonds. The summed E-state index contributed by atoms with van der Waals surface area (Å²) < 4.78 is 12.0. The van der Waals surface area contributed by atoms with Crippen molar-refractivity contribution in [1.29, 1.82) is 0 Å². The van der Waals surface area contributed by atoms with Crippen molar-refractivity contribution in [3.05, 3.63) is 0 Å². The van der Waals surface area contributed by atoms with Gasteiger partial charge in [0.15, 0.2) is 0 Å². The molecule has 0 aromatic carbocycles. The smallest absolute Gasteiger partial charge is 0.308 e. The molecule has 7 heteroatoms. The molecular weight excluding hydrogens is 659 g/mol. The van der Waals surface area contributed by atoms with Gasteiger partial charge in [-0.2, -0.15) is 0 Å². The molecule has 53 heavy (non-hydrogen) atoms. The Bertz CT molecular complexity index is 819. The lowest BCUT2D eigenvalue weighted by Gasteiger charge is -2.32. The minimum Gasteiger partial charge on any atom is -0.465 e. The molecule has 1 aliphatic heterocycles. The monoisotopic (exact) mass is 750 g/mol. The number of nitrogens with zero attached hydrogens (tertiary/aromatic N) is 3. The minimum atomic E-state index is 0.0225. The summed E-state index contributed by atoms with van der Waals surface area (Å²) in [6, 6.07) is 0. The van der Waals surface area contributed by atoms with Gasteiger partial charge in [0.05, 0.1) is 18.4 Å². The summed E-state index contributed by atoms with van der Waals surface area (Å²) in [7, 11) is 2.21. The van der Waals surface area contributed by atoms with Gasteiger partial charge in [0.25, 0.3) is 0 Å². The quantitative estimate of drug-likeness (QED) is 0.0460. The zero-order chi connectivity index (χ0) is 38.6. The summed E-state index contributed by atoms with van der Waals surface area (Å²) in [4.78, 5) is 34.1. The van der Waals surface area contributed by atoms with Crippen LogP contribution in [0.25, 0.3) is 0 Å². The second kappa shape index (κ2) is 36.5. The first-order chi connectivity index (χ1) is 25.9. The number of unbranched alkanes of at least 4 members (excludes halogenated alkanes) is 17. The number of rotatable bonds is 38. The van der Waals surface area contributed by atoms with E-state index in [1.54, 1.807) is 0 Å². The molecule has 0 bridgehead atoms. The number of carbonyl (C=O) groups is 2. The van der Waals surface area contributed by atoms with Crippen molar-refractivity contribution >= 4 is 11.9 Å². The third-order valence-corrected chi connectivity index (χ3v) is 11.6. The molecule has 0 radical (unpaired) electrons. The van der Waals surface area contributed by atoms with Gasteiger partial charge in [0.2, 0.25) is 0 Å². The lowest BCUT2D eigenvalue weighted by atomic mass is 9.94. The van der Waals surface area contributed by atoms with Crippen molar-refractivity contribution in [1.82, 2.24) is 14.7 Å². The fourth-order valence-electron chi connectivity index (χ4n) is 7.79. The summed E-state index contributed by atoms with van der Waals surface area (Å²) in [6.07, 6.45) is 31.7. The number of likely N-dealkylation sites (N-methyl/N-ethyl adjacent to an activating group) is 1. The molecule has 1 aliphatic rings. The Morgan fingerprint density at radius 1 is 0.472 bits per heavy atom. The lowest BCUT2D eigenvalue weighted by Crippen LogP contribution is -2.44. The topological polar surface area (TPSA) is 62.3 Å².